The summed E-state index contributed by atoms with van der Waals surface area (Å²) >= 11 is 6.00. The Morgan fingerprint density at radius 3 is 2.38 bits per heavy atom. The van der Waals surface area contributed by atoms with Crippen LogP contribution in [0.3, 0.4) is 0 Å². The van der Waals surface area contributed by atoms with Crippen LogP contribution in [-0.2, 0) is 19.6 Å². The Morgan fingerprint density at radius 2 is 1.72 bits per heavy atom. The van der Waals surface area contributed by atoms with Crippen LogP contribution in [0.5, 0.6) is 5.75 Å². The fourth-order valence-corrected chi connectivity index (χ4v) is 4.82. The number of esters is 1. The largest absolute Gasteiger partial charge is 0.488 e. The normalized spacial score (nSPS) is 15.8. The molecule has 2 aromatic carbocycles. The first kappa shape index (κ1) is 21.6. The number of hydrogen-bond donors (Lipinski definition) is 0. The van der Waals surface area contributed by atoms with Crippen LogP contribution in [-0.4, -0.2) is 45.0 Å². The minimum absolute atomic E-state index is 0.117. The minimum atomic E-state index is -3.53. The third-order valence-corrected chi connectivity index (χ3v) is 7.09. The summed E-state index contributed by atoms with van der Waals surface area (Å²) in [5.41, 5.74) is 1.00. The van der Waals surface area contributed by atoms with Crippen LogP contribution < -0.4 is 4.74 Å². The fraction of sp³-hybridized carbons (Fsp3) is 0.381. The summed E-state index contributed by atoms with van der Waals surface area (Å²) in [4.78, 5) is 12.5. The summed E-state index contributed by atoms with van der Waals surface area (Å²) in [7, 11) is -3.53. The molecule has 29 heavy (non-hydrogen) atoms. The van der Waals surface area contributed by atoms with Gasteiger partial charge in [0.1, 0.15) is 19.0 Å². The molecule has 0 aliphatic carbocycles. The van der Waals surface area contributed by atoms with Crippen molar-refractivity contribution in [3.63, 3.8) is 0 Å². The number of hydrogen-bond acceptors (Lipinski definition) is 5. The lowest BCUT2D eigenvalue weighted by Gasteiger charge is -2.30. The van der Waals surface area contributed by atoms with Crippen molar-refractivity contribution in [1.82, 2.24) is 4.31 Å². The topological polar surface area (TPSA) is 72.9 Å². The smallest absolute Gasteiger partial charge is 0.309 e. The van der Waals surface area contributed by atoms with Crippen LogP contribution >= 0.6 is 11.6 Å². The molecular weight excluding hydrogens is 414 g/mol. The van der Waals surface area contributed by atoms with E-state index >= 15 is 0 Å². The summed E-state index contributed by atoms with van der Waals surface area (Å²) in [6.45, 7) is 2.83. The van der Waals surface area contributed by atoms with E-state index in [0.29, 0.717) is 36.7 Å². The molecule has 1 aliphatic heterocycles. The molecule has 0 aromatic heterocycles. The fourth-order valence-electron chi connectivity index (χ4n) is 3.16. The third-order valence-electron chi connectivity index (χ3n) is 4.87. The molecule has 6 nitrogen and oxygen atoms in total. The van der Waals surface area contributed by atoms with Crippen LogP contribution in [0.4, 0.5) is 0 Å². The number of benzene rings is 2. The number of para-hydroxylation sites is 1. The quantitative estimate of drug-likeness (QED) is 0.488. The zero-order chi connectivity index (χ0) is 20.9. The van der Waals surface area contributed by atoms with E-state index < -0.39 is 10.0 Å². The van der Waals surface area contributed by atoms with Gasteiger partial charge in [-0.15, -0.1) is 0 Å². The molecular formula is C21H24ClNO5S. The molecule has 0 amide bonds. The molecule has 1 aliphatic rings. The first-order chi connectivity index (χ1) is 13.9. The van der Waals surface area contributed by atoms with Crippen molar-refractivity contribution < 1.29 is 22.7 Å². The molecule has 1 heterocycles. The van der Waals surface area contributed by atoms with Gasteiger partial charge in [0.25, 0.3) is 0 Å². The van der Waals surface area contributed by atoms with Crippen LogP contribution in [0.25, 0.3) is 0 Å². The number of carbonyl (C=O) groups is 1. The Labute approximate surface area is 176 Å². The highest BCUT2D eigenvalue weighted by molar-refractivity contribution is 7.89. The maximum absolute atomic E-state index is 12.7. The number of sulfonamides is 1. The van der Waals surface area contributed by atoms with Crippen molar-refractivity contribution in [1.29, 1.82) is 0 Å². The predicted molar refractivity (Wildman–Crippen MR) is 111 cm³/mol. The van der Waals surface area contributed by atoms with Crippen molar-refractivity contribution in [2.75, 3.05) is 26.3 Å². The van der Waals surface area contributed by atoms with Gasteiger partial charge in [0, 0.05) is 13.1 Å². The van der Waals surface area contributed by atoms with Gasteiger partial charge in [-0.25, -0.2) is 8.42 Å². The lowest BCUT2D eigenvalue weighted by Crippen LogP contribution is -2.40. The van der Waals surface area contributed by atoms with Crippen molar-refractivity contribution >= 4 is 27.6 Å². The molecule has 1 saturated heterocycles. The van der Waals surface area contributed by atoms with Crippen molar-refractivity contribution in [2.45, 2.75) is 24.7 Å². The number of nitrogens with zero attached hydrogens (tertiary/aromatic N) is 1. The van der Waals surface area contributed by atoms with E-state index in [4.69, 9.17) is 21.1 Å². The van der Waals surface area contributed by atoms with Crippen molar-refractivity contribution in [3.8, 4) is 5.75 Å². The van der Waals surface area contributed by atoms with Gasteiger partial charge in [0.2, 0.25) is 10.0 Å². The van der Waals surface area contributed by atoms with E-state index in [1.54, 1.807) is 42.5 Å². The SMILES string of the molecule is Cc1ccc(S(=O)(=O)N2CCC(C(=O)OCCOc3ccccc3Cl)CC2)cc1. The Bertz CT molecular complexity index is 938. The molecule has 8 heteroatoms. The van der Waals surface area contributed by atoms with Gasteiger partial charge in [-0.2, -0.15) is 4.31 Å². The number of ether oxygens (including phenoxy) is 2. The van der Waals surface area contributed by atoms with Crippen molar-refractivity contribution in [3.05, 3.63) is 59.1 Å². The number of rotatable bonds is 7. The van der Waals surface area contributed by atoms with Crippen molar-refractivity contribution in [2.24, 2.45) is 5.92 Å². The molecule has 0 radical (unpaired) electrons. The Kier molecular flexibility index (Phi) is 7.16. The first-order valence-corrected chi connectivity index (χ1v) is 11.3. The van der Waals surface area contributed by atoms with Crippen LogP contribution in [0.1, 0.15) is 18.4 Å². The number of piperidine rings is 1. The maximum Gasteiger partial charge on any atom is 0.309 e. The molecule has 0 N–H and O–H groups in total. The number of halogens is 1. The molecule has 0 unspecified atom stereocenters. The van der Waals surface area contributed by atoms with Gasteiger partial charge in [-0.05, 0) is 44.0 Å². The Balaban J connectivity index is 1.44. The second kappa shape index (κ2) is 9.61. The molecule has 0 atom stereocenters. The molecule has 0 bridgehead atoms. The predicted octanol–water partition coefficient (Wildman–Crippen LogP) is 3.67. The van der Waals surface area contributed by atoms with Crippen LogP contribution in [0.2, 0.25) is 5.02 Å². The van der Waals surface area contributed by atoms with E-state index in [1.165, 1.54) is 4.31 Å². The summed E-state index contributed by atoms with van der Waals surface area (Å²) in [6, 6.07) is 13.9. The standard InChI is InChI=1S/C21H24ClNO5S/c1-16-6-8-18(9-7-16)29(25,26)23-12-10-17(11-13-23)21(24)28-15-14-27-20-5-3-2-4-19(20)22/h2-9,17H,10-15H2,1H3. The summed E-state index contributed by atoms with van der Waals surface area (Å²) in [5.74, 6) is -0.0836. The van der Waals surface area contributed by atoms with Gasteiger partial charge in [0.05, 0.1) is 15.8 Å². The number of carbonyl (C=O) groups excluding carboxylic acids is 1. The third kappa shape index (κ3) is 5.50. The summed E-state index contributed by atoms with van der Waals surface area (Å²) in [6.07, 6.45) is 0.880. The molecule has 0 spiro atoms. The average molecular weight is 438 g/mol. The van der Waals surface area contributed by atoms with E-state index in [9.17, 15) is 13.2 Å². The minimum Gasteiger partial charge on any atom is -0.488 e. The van der Waals surface area contributed by atoms with Gasteiger partial charge in [0.15, 0.2) is 0 Å². The van der Waals surface area contributed by atoms with Gasteiger partial charge in [-0.3, -0.25) is 4.79 Å². The van der Waals surface area contributed by atoms with Gasteiger partial charge < -0.3 is 9.47 Å². The molecule has 1 fully saturated rings. The summed E-state index contributed by atoms with van der Waals surface area (Å²) < 4.78 is 37.7. The molecule has 0 saturated carbocycles. The monoisotopic (exact) mass is 437 g/mol. The van der Waals surface area contributed by atoms with E-state index in [0.717, 1.165) is 5.56 Å². The zero-order valence-corrected chi connectivity index (χ0v) is 17.8. The van der Waals surface area contributed by atoms with Crippen LogP contribution in [0, 0.1) is 12.8 Å². The highest BCUT2D eigenvalue weighted by atomic mass is 35.5. The van der Waals surface area contributed by atoms with E-state index in [-0.39, 0.29) is 30.0 Å². The molecule has 3 rings (SSSR count). The zero-order valence-electron chi connectivity index (χ0n) is 16.2. The lowest BCUT2D eigenvalue weighted by atomic mass is 9.98. The van der Waals surface area contributed by atoms with Gasteiger partial charge >= 0.3 is 5.97 Å². The Morgan fingerprint density at radius 1 is 1.07 bits per heavy atom. The highest BCUT2D eigenvalue weighted by Crippen LogP contribution is 2.25. The maximum atomic E-state index is 12.7. The van der Waals surface area contributed by atoms with E-state index in [1.807, 2.05) is 13.0 Å². The first-order valence-electron chi connectivity index (χ1n) is 9.49. The summed E-state index contributed by atoms with van der Waals surface area (Å²) in [5, 5.41) is 0.501. The number of aryl methyl sites for hydroxylation is 1. The lowest BCUT2D eigenvalue weighted by molar-refractivity contribution is -0.150. The van der Waals surface area contributed by atoms with Crippen LogP contribution in [0.15, 0.2) is 53.4 Å². The second-order valence-electron chi connectivity index (χ2n) is 6.94. The second-order valence-corrected chi connectivity index (χ2v) is 9.28. The Hall–Kier alpha value is -2.09. The van der Waals surface area contributed by atoms with Gasteiger partial charge in [-0.1, -0.05) is 41.4 Å². The molecule has 2 aromatic rings. The van der Waals surface area contributed by atoms with E-state index in [2.05, 4.69) is 0 Å². The average Bonchev–Trinajstić information content (AvgIpc) is 2.72. The highest BCUT2D eigenvalue weighted by Gasteiger charge is 2.32. The molecule has 156 valence electrons.